The van der Waals surface area contributed by atoms with Crippen molar-refractivity contribution in [2.24, 2.45) is 0 Å². The Morgan fingerprint density at radius 1 is 1.43 bits per heavy atom. The number of aliphatic hydroxyl groups excluding tert-OH is 1. The molecule has 0 unspecified atom stereocenters. The van der Waals surface area contributed by atoms with Crippen molar-refractivity contribution in [2.75, 3.05) is 17.7 Å². The van der Waals surface area contributed by atoms with Crippen LogP contribution >= 0.6 is 11.8 Å². The molecular formula is C16H20FNO2S. The fraction of sp³-hybridized carbons (Fsp3) is 0.438. The molecule has 0 heterocycles. The molecule has 21 heavy (non-hydrogen) atoms. The highest BCUT2D eigenvalue weighted by atomic mass is 32.2. The van der Waals surface area contributed by atoms with E-state index in [4.69, 9.17) is 5.11 Å². The number of carbonyl (C=O) groups is 1. The minimum atomic E-state index is -0.514. The van der Waals surface area contributed by atoms with Gasteiger partial charge in [0.15, 0.2) is 0 Å². The highest BCUT2D eigenvalue weighted by Crippen LogP contribution is 2.23. The third kappa shape index (κ3) is 7.16. The Balaban J connectivity index is 2.65. The second kappa shape index (κ2) is 8.06. The molecule has 1 rings (SSSR count). The van der Waals surface area contributed by atoms with Gasteiger partial charge < -0.3 is 10.4 Å². The Morgan fingerprint density at radius 2 is 2.14 bits per heavy atom. The van der Waals surface area contributed by atoms with Gasteiger partial charge in [0.05, 0.1) is 18.0 Å². The number of hydrogen-bond acceptors (Lipinski definition) is 3. The van der Waals surface area contributed by atoms with Gasteiger partial charge in [-0.05, 0) is 18.2 Å². The SMILES string of the molecule is CC(C)(C)SCC(=O)Nc1ccc(C#CCCO)cc1F. The molecule has 3 nitrogen and oxygen atoms in total. The average Bonchev–Trinajstić information content (AvgIpc) is 2.39. The zero-order chi connectivity index (χ0) is 15.9. The normalized spacial score (nSPS) is 10.7. The molecule has 114 valence electrons. The summed E-state index contributed by atoms with van der Waals surface area (Å²) in [6.45, 7) is 6.04. The maximum Gasteiger partial charge on any atom is 0.234 e. The quantitative estimate of drug-likeness (QED) is 0.841. The van der Waals surface area contributed by atoms with Crippen molar-refractivity contribution in [3.63, 3.8) is 0 Å². The summed E-state index contributed by atoms with van der Waals surface area (Å²) in [6, 6.07) is 4.41. The molecule has 0 saturated carbocycles. The van der Waals surface area contributed by atoms with Gasteiger partial charge in [-0.1, -0.05) is 32.6 Å². The van der Waals surface area contributed by atoms with Crippen LogP contribution in [-0.2, 0) is 4.79 Å². The molecule has 0 radical (unpaired) electrons. The summed E-state index contributed by atoms with van der Waals surface area (Å²) in [5.74, 6) is 5.00. The largest absolute Gasteiger partial charge is 0.395 e. The van der Waals surface area contributed by atoms with E-state index in [1.807, 2.05) is 20.8 Å². The summed E-state index contributed by atoms with van der Waals surface area (Å²) < 4.78 is 13.8. The van der Waals surface area contributed by atoms with Crippen LogP contribution in [0.15, 0.2) is 18.2 Å². The third-order valence-electron chi connectivity index (χ3n) is 2.35. The summed E-state index contributed by atoms with van der Waals surface area (Å²) in [7, 11) is 0. The van der Waals surface area contributed by atoms with Crippen LogP contribution in [0.25, 0.3) is 0 Å². The van der Waals surface area contributed by atoms with Gasteiger partial charge in [-0.25, -0.2) is 4.39 Å². The Kier molecular flexibility index (Phi) is 6.73. The van der Waals surface area contributed by atoms with Gasteiger partial charge in [0.1, 0.15) is 5.82 Å². The highest BCUT2D eigenvalue weighted by molar-refractivity contribution is 8.01. The van der Waals surface area contributed by atoms with Crippen molar-refractivity contribution in [2.45, 2.75) is 31.9 Å². The maximum atomic E-state index is 13.9. The summed E-state index contributed by atoms with van der Waals surface area (Å²) in [5, 5.41) is 11.2. The van der Waals surface area contributed by atoms with Crippen LogP contribution in [0.4, 0.5) is 10.1 Å². The zero-order valence-corrected chi connectivity index (χ0v) is 13.3. The summed E-state index contributed by atoms with van der Waals surface area (Å²) in [6.07, 6.45) is 0.351. The topological polar surface area (TPSA) is 49.3 Å². The lowest BCUT2D eigenvalue weighted by Crippen LogP contribution is -2.19. The van der Waals surface area contributed by atoms with Crippen LogP contribution in [0.3, 0.4) is 0 Å². The smallest absolute Gasteiger partial charge is 0.234 e. The summed E-state index contributed by atoms with van der Waals surface area (Å²) >= 11 is 1.50. The van der Waals surface area contributed by atoms with E-state index in [9.17, 15) is 9.18 Å². The predicted octanol–water partition coefficient (Wildman–Crippen LogP) is 3.03. The second-order valence-corrected chi connectivity index (χ2v) is 7.22. The van der Waals surface area contributed by atoms with Gasteiger partial charge >= 0.3 is 0 Å². The maximum absolute atomic E-state index is 13.9. The lowest BCUT2D eigenvalue weighted by atomic mass is 10.2. The molecule has 0 spiro atoms. The molecule has 0 saturated heterocycles. The van der Waals surface area contributed by atoms with Crippen LogP contribution < -0.4 is 5.32 Å². The van der Waals surface area contributed by atoms with Crippen molar-refractivity contribution in [3.05, 3.63) is 29.6 Å². The number of rotatable bonds is 4. The first-order valence-corrected chi connectivity index (χ1v) is 7.63. The zero-order valence-electron chi connectivity index (χ0n) is 12.5. The van der Waals surface area contributed by atoms with Gasteiger partial charge in [0.2, 0.25) is 5.91 Å². The fourth-order valence-corrected chi connectivity index (χ4v) is 2.02. The van der Waals surface area contributed by atoms with E-state index in [0.29, 0.717) is 12.0 Å². The van der Waals surface area contributed by atoms with Crippen LogP contribution in [-0.4, -0.2) is 28.1 Å². The van der Waals surface area contributed by atoms with Gasteiger partial charge in [-0.2, -0.15) is 0 Å². The first-order valence-electron chi connectivity index (χ1n) is 6.65. The Morgan fingerprint density at radius 3 is 2.71 bits per heavy atom. The number of anilines is 1. The van der Waals surface area contributed by atoms with Crippen LogP contribution in [0, 0.1) is 17.7 Å². The van der Waals surface area contributed by atoms with Gasteiger partial charge in [0, 0.05) is 16.7 Å². The first-order chi connectivity index (χ1) is 9.81. The number of carbonyl (C=O) groups excluding carboxylic acids is 1. The predicted molar refractivity (Wildman–Crippen MR) is 85.8 cm³/mol. The van der Waals surface area contributed by atoms with E-state index in [1.165, 1.54) is 23.9 Å². The first kappa shape index (κ1) is 17.5. The molecule has 1 aromatic carbocycles. The average molecular weight is 309 g/mol. The standard InChI is InChI=1S/C16H20FNO2S/c1-16(2,3)21-11-15(20)18-14-8-7-12(10-13(14)17)6-4-5-9-19/h7-8,10,19H,5,9,11H2,1-3H3,(H,18,20). The van der Waals surface area contributed by atoms with Gasteiger partial charge in [-0.3, -0.25) is 4.79 Å². The molecule has 0 aliphatic rings. The fourth-order valence-electron chi connectivity index (χ4n) is 1.38. The number of amides is 1. The lowest BCUT2D eigenvalue weighted by molar-refractivity contribution is -0.113. The van der Waals surface area contributed by atoms with E-state index < -0.39 is 5.82 Å². The van der Waals surface area contributed by atoms with Crippen molar-refractivity contribution in [3.8, 4) is 11.8 Å². The Labute approximate surface area is 129 Å². The van der Waals surface area contributed by atoms with Crippen LogP contribution in [0.2, 0.25) is 0 Å². The summed E-state index contributed by atoms with van der Waals surface area (Å²) in [5.41, 5.74) is 0.672. The minimum Gasteiger partial charge on any atom is -0.395 e. The van der Waals surface area contributed by atoms with Crippen molar-refractivity contribution in [1.82, 2.24) is 0 Å². The van der Waals surface area contributed by atoms with E-state index in [-0.39, 0.29) is 28.7 Å². The Bertz CT molecular complexity index is 556. The third-order valence-corrected chi connectivity index (χ3v) is 3.62. The Hall–Kier alpha value is -1.51. The molecular weight excluding hydrogens is 289 g/mol. The number of benzene rings is 1. The molecule has 2 N–H and O–H groups in total. The van der Waals surface area contributed by atoms with Crippen molar-refractivity contribution in [1.29, 1.82) is 0 Å². The number of thioether (sulfide) groups is 1. The van der Waals surface area contributed by atoms with Crippen molar-refractivity contribution < 1.29 is 14.3 Å². The molecule has 0 fully saturated rings. The number of hydrogen-bond donors (Lipinski definition) is 2. The number of halogens is 1. The number of aliphatic hydroxyl groups is 1. The van der Waals surface area contributed by atoms with Crippen molar-refractivity contribution >= 4 is 23.4 Å². The van der Waals surface area contributed by atoms with Crippen LogP contribution in [0.5, 0.6) is 0 Å². The lowest BCUT2D eigenvalue weighted by Gasteiger charge is -2.17. The number of nitrogens with one attached hydrogen (secondary N) is 1. The molecule has 0 aliphatic carbocycles. The van der Waals surface area contributed by atoms with E-state index in [1.54, 1.807) is 6.07 Å². The second-order valence-electron chi connectivity index (χ2n) is 5.42. The molecule has 1 amide bonds. The van der Waals surface area contributed by atoms with Gasteiger partial charge in [-0.15, -0.1) is 11.8 Å². The monoisotopic (exact) mass is 309 g/mol. The molecule has 5 heteroatoms. The van der Waals surface area contributed by atoms with Crippen LogP contribution in [0.1, 0.15) is 32.8 Å². The summed E-state index contributed by atoms with van der Waals surface area (Å²) in [4.78, 5) is 11.8. The van der Waals surface area contributed by atoms with E-state index in [2.05, 4.69) is 17.2 Å². The molecule has 0 aromatic heterocycles. The minimum absolute atomic E-state index is 0.0119. The van der Waals surface area contributed by atoms with E-state index in [0.717, 1.165) is 0 Å². The highest BCUT2D eigenvalue weighted by Gasteiger charge is 2.14. The molecule has 0 atom stereocenters. The molecule has 1 aromatic rings. The van der Waals surface area contributed by atoms with Gasteiger partial charge in [0.25, 0.3) is 0 Å². The van der Waals surface area contributed by atoms with E-state index >= 15 is 0 Å². The molecule has 0 aliphatic heterocycles. The molecule has 0 bridgehead atoms.